The maximum absolute atomic E-state index is 11.6. The summed E-state index contributed by atoms with van der Waals surface area (Å²) < 4.78 is 5.20. The molecule has 0 radical (unpaired) electrons. The molecule has 0 spiro atoms. The highest BCUT2D eigenvalue weighted by Crippen LogP contribution is 2.18. The van der Waals surface area contributed by atoms with E-state index in [1.807, 2.05) is 24.3 Å². The summed E-state index contributed by atoms with van der Waals surface area (Å²) >= 11 is 4.71. The minimum absolute atomic E-state index is 0.00440. The number of benzene rings is 1. The van der Waals surface area contributed by atoms with Gasteiger partial charge in [0.25, 0.3) is 11.8 Å². The van der Waals surface area contributed by atoms with Crippen LogP contribution in [0.3, 0.4) is 0 Å². The second kappa shape index (κ2) is 6.12. The SMILES string of the molecule is COc1ccccc1/C=C/C=C1C(=O)NC(=S)NC1=O. The molecule has 1 aliphatic rings. The van der Waals surface area contributed by atoms with E-state index in [1.54, 1.807) is 19.3 Å². The summed E-state index contributed by atoms with van der Waals surface area (Å²) in [6, 6.07) is 7.42. The van der Waals surface area contributed by atoms with Crippen LogP contribution in [0.25, 0.3) is 6.08 Å². The number of nitrogens with one attached hydrogen (secondary N) is 2. The molecular formula is C14H12N2O3S. The third kappa shape index (κ3) is 3.10. The quantitative estimate of drug-likeness (QED) is 0.498. The van der Waals surface area contributed by atoms with Crippen molar-refractivity contribution in [2.45, 2.75) is 0 Å². The molecule has 1 aliphatic heterocycles. The Morgan fingerprint density at radius 1 is 1.15 bits per heavy atom. The molecular weight excluding hydrogens is 276 g/mol. The van der Waals surface area contributed by atoms with E-state index in [2.05, 4.69) is 10.6 Å². The Morgan fingerprint density at radius 2 is 1.80 bits per heavy atom. The number of para-hydroxylation sites is 1. The maximum atomic E-state index is 11.6. The van der Waals surface area contributed by atoms with Crippen LogP contribution in [0.4, 0.5) is 0 Å². The first-order valence-corrected chi connectivity index (χ1v) is 6.20. The highest BCUT2D eigenvalue weighted by Gasteiger charge is 2.24. The van der Waals surface area contributed by atoms with Gasteiger partial charge in [0, 0.05) is 5.56 Å². The first kappa shape index (κ1) is 14.0. The largest absolute Gasteiger partial charge is 0.496 e. The first-order chi connectivity index (χ1) is 9.61. The summed E-state index contributed by atoms with van der Waals surface area (Å²) in [6.07, 6.45) is 4.79. The molecule has 1 saturated heterocycles. The van der Waals surface area contributed by atoms with Crippen LogP contribution in [-0.2, 0) is 9.59 Å². The van der Waals surface area contributed by atoms with Crippen LogP contribution in [0.1, 0.15) is 5.56 Å². The van der Waals surface area contributed by atoms with Gasteiger partial charge in [0.05, 0.1) is 7.11 Å². The molecule has 20 heavy (non-hydrogen) atoms. The molecule has 1 heterocycles. The Labute approximate surface area is 121 Å². The Bertz CT molecular complexity index is 613. The highest BCUT2D eigenvalue weighted by molar-refractivity contribution is 7.80. The number of carbonyl (C=O) groups excluding carboxylic acids is 2. The average molecular weight is 288 g/mol. The molecule has 1 aromatic carbocycles. The predicted molar refractivity (Wildman–Crippen MR) is 79.0 cm³/mol. The molecule has 2 amide bonds. The molecule has 1 fully saturated rings. The lowest BCUT2D eigenvalue weighted by molar-refractivity contribution is -0.123. The number of methoxy groups -OCH3 is 1. The lowest BCUT2D eigenvalue weighted by Crippen LogP contribution is -2.51. The van der Waals surface area contributed by atoms with Gasteiger partial charge < -0.3 is 4.74 Å². The van der Waals surface area contributed by atoms with Gasteiger partial charge in [-0.15, -0.1) is 0 Å². The van der Waals surface area contributed by atoms with Crippen LogP contribution in [-0.4, -0.2) is 24.0 Å². The third-order valence-corrected chi connectivity index (χ3v) is 2.83. The summed E-state index contributed by atoms with van der Waals surface area (Å²) in [5.41, 5.74) is 0.851. The van der Waals surface area contributed by atoms with Crippen molar-refractivity contribution in [2.24, 2.45) is 0 Å². The van der Waals surface area contributed by atoms with Crippen molar-refractivity contribution in [1.29, 1.82) is 0 Å². The second-order valence-corrected chi connectivity index (χ2v) is 4.33. The summed E-state index contributed by atoms with van der Waals surface area (Å²) in [5, 5.41) is 4.75. The normalized spacial score (nSPS) is 15.1. The number of amides is 2. The van der Waals surface area contributed by atoms with E-state index in [-0.39, 0.29) is 10.7 Å². The van der Waals surface area contributed by atoms with E-state index in [9.17, 15) is 9.59 Å². The average Bonchev–Trinajstić information content (AvgIpc) is 2.42. The van der Waals surface area contributed by atoms with Gasteiger partial charge in [-0.05, 0) is 24.4 Å². The van der Waals surface area contributed by atoms with Crippen LogP contribution >= 0.6 is 12.2 Å². The van der Waals surface area contributed by atoms with E-state index in [0.717, 1.165) is 5.56 Å². The molecule has 5 nitrogen and oxygen atoms in total. The Hall–Kier alpha value is -2.47. The van der Waals surface area contributed by atoms with Crippen LogP contribution in [0.15, 0.2) is 42.0 Å². The molecule has 0 bridgehead atoms. The topological polar surface area (TPSA) is 67.4 Å². The van der Waals surface area contributed by atoms with Gasteiger partial charge in [-0.3, -0.25) is 20.2 Å². The fraction of sp³-hybridized carbons (Fsp3) is 0.0714. The lowest BCUT2D eigenvalue weighted by atomic mass is 10.1. The fourth-order valence-corrected chi connectivity index (χ4v) is 1.86. The van der Waals surface area contributed by atoms with Crippen molar-refractivity contribution in [3.05, 3.63) is 47.6 Å². The van der Waals surface area contributed by atoms with Crippen molar-refractivity contribution in [1.82, 2.24) is 10.6 Å². The molecule has 1 aromatic rings. The number of ether oxygens (including phenoxy) is 1. The zero-order chi connectivity index (χ0) is 14.5. The van der Waals surface area contributed by atoms with Gasteiger partial charge in [-0.1, -0.05) is 30.4 Å². The van der Waals surface area contributed by atoms with Gasteiger partial charge in [-0.2, -0.15) is 0 Å². The van der Waals surface area contributed by atoms with Crippen LogP contribution in [0.5, 0.6) is 5.75 Å². The van der Waals surface area contributed by atoms with Crippen LogP contribution in [0.2, 0.25) is 0 Å². The number of hydrogen-bond donors (Lipinski definition) is 2. The van der Waals surface area contributed by atoms with E-state index in [4.69, 9.17) is 17.0 Å². The fourth-order valence-electron chi connectivity index (χ4n) is 1.68. The van der Waals surface area contributed by atoms with Gasteiger partial charge in [0.15, 0.2) is 5.11 Å². The number of carbonyl (C=O) groups is 2. The second-order valence-electron chi connectivity index (χ2n) is 3.92. The van der Waals surface area contributed by atoms with Gasteiger partial charge in [0.2, 0.25) is 0 Å². The summed E-state index contributed by atoms with van der Waals surface area (Å²) in [6.45, 7) is 0. The van der Waals surface area contributed by atoms with Crippen LogP contribution in [0, 0.1) is 0 Å². The minimum atomic E-state index is -0.511. The van der Waals surface area contributed by atoms with Crippen molar-refractivity contribution in [2.75, 3.05) is 7.11 Å². The summed E-state index contributed by atoms with van der Waals surface area (Å²) in [7, 11) is 1.58. The van der Waals surface area contributed by atoms with E-state index >= 15 is 0 Å². The zero-order valence-corrected chi connectivity index (χ0v) is 11.5. The molecule has 0 saturated carbocycles. The van der Waals surface area contributed by atoms with Gasteiger partial charge in [-0.25, -0.2) is 0 Å². The lowest BCUT2D eigenvalue weighted by Gasteiger charge is -2.15. The van der Waals surface area contributed by atoms with E-state index < -0.39 is 11.8 Å². The molecule has 2 N–H and O–H groups in total. The molecule has 0 unspecified atom stereocenters. The van der Waals surface area contributed by atoms with E-state index in [1.165, 1.54) is 6.08 Å². The van der Waals surface area contributed by atoms with Crippen molar-refractivity contribution >= 4 is 35.2 Å². The standard InChI is InChI=1S/C14H12N2O3S/c1-19-11-8-3-2-5-9(11)6-4-7-10-12(17)15-14(20)16-13(10)18/h2-8H,1H3,(H2,15,16,17,18,20)/b6-4+. The van der Waals surface area contributed by atoms with Crippen LogP contribution < -0.4 is 15.4 Å². The van der Waals surface area contributed by atoms with Gasteiger partial charge >= 0.3 is 0 Å². The number of hydrogen-bond acceptors (Lipinski definition) is 4. The third-order valence-electron chi connectivity index (χ3n) is 2.62. The van der Waals surface area contributed by atoms with Crippen molar-refractivity contribution < 1.29 is 14.3 Å². The van der Waals surface area contributed by atoms with Crippen molar-refractivity contribution in [3.63, 3.8) is 0 Å². The van der Waals surface area contributed by atoms with Crippen molar-refractivity contribution in [3.8, 4) is 5.75 Å². The Kier molecular flexibility index (Phi) is 4.27. The number of allylic oxidation sites excluding steroid dienone is 2. The zero-order valence-electron chi connectivity index (χ0n) is 10.7. The summed E-state index contributed by atoms with van der Waals surface area (Å²) in [4.78, 5) is 23.2. The maximum Gasteiger partial charge on any atom is 0.263 e. The van der Waals surface area contributed by atoms with Gasteiger partial charge in [0.1, 0.15) is 11.3 Å². The minimum Gasteiger partial charge on any atom is -0.496 e. The predicted octanol–water partition coefficient (Wildman–Crippen LogP) is 1.17. The molecule has 0 aliphatic carbocycles. The summed E-state index contributed by atoms with van der Waals surface area (Å²) in [5.74, 6) is -0.312. The molecule has 6 heteroatoms. The number of rotatable bonds is 3. The monoisotopic (exact) mass is 288 g/mol. The van der Waals surface area contributed by atoms with E-state index in [0.29, 0.717) is 5.75 Å². The molecule has 102 valence electrons. The smallest absolute Gasteiger partial charge is 0.263 e. The molecule has 0 atom stereocenters. The molecule has 2 rings (SSSR count). The Morgan fingerprint density at radius 3 is 2.45 bits per heavy atom. The Balaban J connectivity index is 2.20. The molecule has 0 aromatic heterocycles. The highest BCUT2D eigenvalue weighted by atomic mass is 32.1. The number of thiocarbonyl (C=S) groups is 1. The first-order valence-electron chi connectivity index (χ1n) is 5.80.